The number of cyclic esters (lactones) is 1. The van der Waals surface area contributed by atoms with Crippen molar-refractivity contribution in [1.82, 2.24) is 19.7 Å². The molecule has 192 valence electrons. The molecule has 4 heterocycles. The lowest BCUT2D eigenvalue weighted by atomic mass is 10.1. The van der Waals surface area contributed by atoms with Crippen molar-refractivity contribution in [3.05, 3.63) is 11.5 Å². The van der Waals surface area contributed by atoms with Crippen LogP contribution < -0.4 is 5.32 Å². The van der Waals surface area contributed by atoms with Crippen molar-refractivity contribution in [2.45, 2.75) is 68.0 Å². The second-order valence-corrected chi connectivity index (χ2v) is 11.2. The molecule has 2 aliphatic heterocycles. The highest BCUT2D eigenvalue weighted by Crippen LogP contribution is 2.56. The van der Waals surface area contributed by atoms with Gasteiger partial charge < -0.3 is 39.5 Å². The number of ether oxygens (including phenoxy) is 3. The van der Waals surface area contributed by atoms with Gasteiger partial charge in [0.1, 0.15) is 30.7 Å². The Morgan fingerprint density at radius 2 is 2.00 bits per heavy atom. The molecular weight excluding hydrogens is 509 g/mol. The second-order valence-electron chi connectivity index (χ2n) is 8.98. The van der Waals surface area contributed by atoms with E-state index in [9.17, 15) is 29.4 Å². The topological polar surface area (TPSA) is 198 Å². The molecule has 0 aromatic carbocycles. The van der Waals surface area contributed by atoms with Gasteiger partial charge in [-0.2, -0.15) is 15.1 Å². The Morgan fingerprint density at radius 3 is 2.66 bits per heavy atom. The average molecular weight is 534 g/mol. The molecule has 5 atom stereocenters. The van der Waals surface area contributed by atoms with Crippen LogP contribution in [0.4, 0.5) is 5.82 Å². The Labute approximate surface area is 203 Å². The number of hydrogen-bond donors (Lipinski definition) is 5. The maximum atomic E-state index is 12.0. The van der Waals surface area contributed by atoms with Crippen LogP contribution in [0, 0.1) is 0 Å². The first-order valence-electron chi connectivity index (χ1n) is 11.1. The second kappa shape index (κ2) is 9.20. The summed E-state index contributed by atoms with van der Waals surface area (Å²) in [6.45, 7) is -1.17. The number of carbonyl (C=O) groups is 1. The number of nitrogens with zero attached hydrogens (tertiary/aromatic N) is 4. The molecule has 1 saturated carbocycles. The molecule has 0 radical (unpaired) electrons. The zero-order valence-corrected chi connectivity index (χ0v) is 20.0. The van der Waals surface area contributed by atoms with Gasteiger partial charge in [-0.25, -0.2) is 4.68 Å². The molecule has 1 aliphatic carbocycles. The number of anilines is 1. The lowest BCUT2D eigenvalue weighted by Crippen LogP contribution is -2.40. The fourth-order valence-electron chi connectivity index (χ4n) is 4.65. The van der Waals surface area contributed by atoms with Gasteiger partial charge in [-0.3, -0.25) is 9.36 Å². The summed E-state index contributed by atoms with van der Waals surface area (Å²) in [4.78, 5) is 39.4. The SMILES string of the molecule is O=C1CC(OC[C@H]2O[C@@H](n3ncc4c(NC5CCCC5)nc(Cl)nc43)[C@H](O)[C@@H]2O)(P(=O)(O)O)CO1. The van der Waals surface area contributed by atoms with E-state index in [1.54, 1.807) is 0 Å². The number of fused-ring (bicyclic) bond motifs is 1. The van der Waals surface area contributed by atoms with Crippen LogP contribution in [0.15, 0.2) is 6.20 Å². The predicted molar refractivity (Wildman–Crippen MR) is 118 cm³/mol. The molecule has 5 N–H and O–H groups in total. The number of halogens is 1. The number of aliphatic hydroxyl groups is 2. The lowest BCUT2D eigenvalue weighted by Gasteiger charge is -2.28. The Hall–Kier alpha value is -1.90. The van der Waals surface area contributed by atoms with Crippen LogP contribution in [0.3, 0.4) is 0 Å². The van der Waals surface area contributed by atoms with Crippen LogP contribution in [-0.2, 0) is 23.6 Å². The summed E-state index contributed by atoms with van der Waals surface area (Å²) in [7, 11) is -4.92. The van der Waals surface area contributed by atoms with Gasteiger partial charge in [0.2, 0.25) is 10.6 Å². The summed E-state index contributed by atoms with van der Waals surface area (Å²) in [5.74, 6) is -0.318. The van der Waals surface area contributed by atoms with E-state index in [0.717, 1.165) is 25.7 Å². The van der Waals surface area contributed by atoms with Gasteiger partial charge in [-0.15, -0.1) is 0 Å². The van der Waals surface area contributed by atoms with Crippen molar-refractivity contribution in [2.75, 3.05) is 18.5 Å². The molecule has 2 saturated heterocycles. The van der Waals surface area contributed by atoms with Crippen LogP contribution >= 0.6 is 19.2 Å². The lowest BCUT2D eigenvalue weighted by molar-refractivity contribution is -0.137. The Balaban J connectivity index is 1.36. The summed E-state index contributed by atoms with van der Waals surface area (Å²) in [6.07, 6.45) is -0.265. The highest BCUT2D eigenvalue weighted by Gasteiger charge is 2.56. The standard InChI is InChI=1S/C19H25ClN5O9P/c20-18-23-15(22-9-3-1-2-4-9)10-6-21-25(16(10)24-18)17-14(28)13(27)11(34-17)7-33-19(35(29,30)31)5-12(26)32-8-19/h6,9,11,13-14,17,27-28H,1-5,7-8H2,(H,22,23,24)(H2,29,30,31)/t11-,13-,14-,17-,19?/m1/s1. The van der Waals surface area contributed by atoms with Crippen molar-refractivity contribution in [1.29, 1.82) is 0 Å². The molecule has 0 bridgehead atoms. The molecule has 5 rings (SSSR count). The van der Waals surface area contributed by atoms with E-state index in [-0.39, 0.29) is 17.0 Å². The molecule has 16 heteroatoms. The van der Waals surface area contributed by atoms with Crippen LogP contribution in [-0.4, -0.2) is 88.6 Å². The third-order valence-electron chi connectivity index (χ3n) is 6.63. The number of carbonyl (C=O) groups excluding carboxylic acids is 1. The number of nitrogens with one attached hydrogen (secondary N) is 1. The zero-order valence-electron chi connectivity index (χ0n) is 18.4. The molecule has 3 fully saturated rings. The summed E-state index contributed by atoms with van der Waals surface area (Å²) < 4.78 is 29.1. The van der Waals surface area contributed by atoms with Gasteiger partial charge in [0.15, 0.2) is 11.9 Å². The average Bonchev–Trinajstić information content (AvgIpc) is 3.56. The minimum atomic E-state index is -4.92. The summed E-state index contributed by atoms with van der Waals surface area (Å²) in [5.41, 5.74) is 0.268. The van der Waals surface area contributed by atoms with Gasteiger partial charge in [0.25, 0.3) is 0 Å². The predicted octanol–water partition coefficient (Wildman–Crippen LogP) is 0.291. The van der Waals surface area contributed by atoms with Crippen molar-refractivity contribution >= 4 is 42.0 Å². The molecule has 14 nitrogen and oxygen atoms in total. The summed E-state index contributed by atoms with van der Waals surface area (Å²) in [6, 6.07) is 0.247. The molecule has 3 aliphatic rings. The first-order chi connectivity index (χ1) is 16.6. The summed E-state index contributed by atoms with van der Waals surface area (Å²) in [5, 5.41) is 27.2. The Morgan fingerprint density at radius 1 is 1.26 bits per heavy atom. The third kappa shape index (κ3) is 4.53. The minimum Gasteiger partial charge on any atom is -0.462 e. The smallest absolute Gasteiger partial charge is 0.361 e. The van der Waals surface area contributed by atoms with E-state index in [0.29, 0.717) is 11.2 Å². The zero-order chi connectivity index (χ0) is 25.0. The molecule has 2 aromatic rings. The van der Waals surface area contributed by atoms with E-state index in [1.165, 1.54) is 10.9 Å². The number of aliphatic hydroxyl groups excluding tert-OH is 2. The molecule has 2 aromatic heterocycles. The van der Waals surface area contributed by atoms with Crippen molar-refractivity contribution in [3.63, 3.8) is 0 Å². The molecular formula is C19H25ClN5O9P. The third-order valence-corrected chi connectivity index (χ3v) is 8.27. The van der Waals surface area contributed by atoms with Crippen LogP contribution in [0.1, 0.15) is 38.3 Å². The van der Waals surface area contributed by atoms with Gasteiger partial charge in [-0.1, -0.05) is 12.8 Å². The Kier molecular flexibility index (Phi) is 6.51. The van der Waals surface area contributed by atoms with Crippen LogP contribution in [0.2, 0.25) is 5.28 Å². The fourth-order valence-corrected chi connectivity index (χ4v) is 5.62. The quantitative estimate of drug-likeness (QED) is 0.185. The first-order valence-corrected chi connectivity index (χ1v) is 13.1. The Bertz CT molecular complexity index is 1170. The van der Waals surface area contributed by atoms with Crippen molar-refractivity contribution < 1.29 is 43.6 Å². The monoisotopic (exact) mass is 533 g/mol. The number of rotatable bonds is 7. The number of aromatic nitrogens is 4. The maximum absolute atomic E-state index is 12.0. The van der Waals surface area contributed by atoms with Crippen molar-refractivity contribution in [2.24, 2.45) is 0 Å². The van der Waals surface area contributed by atoms with Gasteiger partial charge >= 0.3 is 13.6 Å². The van der Waals surface area contributed by atoms with E-state index < -0.39 is 63.1 Å². The highest BCUT2D eigenvalue weighted by molar-refractivity contribution is 7.53. The minimum absolute atomic E-state index is 0.0397. The van der Waals surface area contributed by atoms with Crippen LogP contribution in [0.25, 0.3) is 11.0 Å². The van der Waals surface area contributed by atoms with Crippen molar-refractivity contribution in [3.8, 4) is 0 Å². The number of hydrogen-bond acceptors (Lipinski definition) is 11. The van der Waals surface area contributed by atoms with Gasteiger partial charge in [0.05, 0.1) is 24.6 Å². The number of esters is 1. The molecule has 35 heavy (non-hydrogen) atoms. The maximum Gasteiger partial charge on any atom is 0.361 e. The van der Waals surface area contributed by atoms with Crippen LogP contribution in [0.5, 0.6) is 0 Å². The molecule has 0 spiro atoms. The van der Waals surface area contributed by atoms with Gasteiger partial charge in [0, 0.05) is 6.04 Å². The van der Waals surface area contributed by atoms with E-state index in [2.05, 4.69) is 20.4 Å². The largest absolute Gasteiger partial charge is 0.462 e. The molecule has 1 unspecified atom stereocenters. The molecule has 0 amide bonds. The van der Waals surface area contributed by atoms with Gasteiger partial charge in [-0.05, 0) is 24.4 Å². The van der Waals surface area contributed by atoms with E-state index in [1.807, 2.05) is 0 Å². The summed E-state index contributed by atoms with van der Waals surface area (Å²) >= 11 is 6.14. The first kappa shape index (κ1) is 24.8. The highest BCUT2D eigenvalue weighted by atomic mass is 35.5. The normalized spacial score (nSPS) is 32.0. The van der Waals surface area contributed by atoms with E-state index >= 15 is 0 Å². The fraction of sp³-hybridized carbons (Fsp3) is 0.684. The van der Waals surface area contributed by atoms with E-state index in [4.69, 9.17) is 25.8 Å².